The van der Waals surface area contributed by atoms with Crippen LogP contribution in [-0.4, -0.2) is 5.91 Å². The second-order valence-corrected chi connectivity index (χ2v) is 6.04. The number of hydrogen-bond donors (Lipinski definition) is 1. The summed E-state index contributed by atoms with van der Waals surface area (Å²) in [7, 11) is 0. The zero-order valence-electron chi connectivity index (χ0n) is 14.1. The van der Waals surface area contributed by atoms with E-state index in [1.165, 1.54) is 23.8 Å². The molecule has 6 heteroatoms. The Hall–Kier alpha value is -2.79. The third-order valence-corrected chi connectivity index (χ3v) is 4.06. The predicted molar refractivity (Wildman–Crippen MR) is 98.2 cm³/mol. The number of ether oxygens (including phenoxy) is 1. The van der Waals surface area contributed by atoms with Crippen molar-refractivity contribution < 1.29 is 18.3 Å². The third kappa shape index (κ3) is 4.43. The number of furan rings is 1. The van der Waals surface area contributed by atoms with E-state index in [1.807, 2.05) is 24.3 Å². The van der Waals surface area contributed by atoms with Gasteiger partial charge >= 0.3 is 0 Å². The molecule has 0 unspecified atom stereocenters. The normalized spacial score (nSPS) is 10.6. The van der Waals surface area contributed by atoms with E-state index in [-0.39, 0.29) is 23.3 Å². The van der Waals surface area contributed by atoms with Gasteiger partial charge < -0.3 is 14.5 Å². The van der Waals surface area contributed by atoms with E-state index in [1.54, 1.807) is 12.1 Å². The van der Waals surface area contributed by atoms with Crippen LogP contribution in [0.3, 0.4) is 0 Å². The van der Waals surface area contributed by atoms with Crippen molar-refractivity contribution in [3.63, 3.8) is 0 Å². The van der Waals surface area contributed by atoms with Gasteiger partial charge in [0.25, 0.3) is 5.91 Å². The molecule has 3 aromatic rings. The lowest BCUT2D eigenvalue weighted by atomic mass is 10.1. The fraction of sp³-hybridized carbons (Fsp3) is 0.150. The lowest BCUT2D eigenvalue weighted by Crippen LogP contribution is -2.10. The van der Waals surface area contributed by atoms with Gasteiger partial charge in [-0.1, -0.05) is 30.7 Å². The van der Waals surface area contributed by atoms with Crippen LogP contribution in [0.2, 0.25) is 5.02 Å². The number of carbonyl (C=O) groups is 1. The zero-order chi connectivity index (χ0) is 18.5. The summed E-state index contributed by atoms with van der Waals surface area (Å²) in [6, 6.07) is 14.7. The summed E-state index contributed by atoms with van der Waals surface area (Å²) in [5.74, 6) is 0.184. The summed E-state index contributed by atoms with van der Waals surface area (Å²) in [6.45, 7) is 2.14. The van der Waals surface area contributed by atoms with Gasteiger partial charge in [-0.15, -0.1) is 0 Å². The highest BCUT2D eigenvalue weighted by atomic mass is 35.5. The van der Waals surface area contributed by atoms with E-state index in [0.29, 0.717) is 17.2 Å². The highest BCUT2D eigenvalue weighted by molar-refractivity contribution is 6.32. The SMILES string of the molecule is CCc1ccc(NC(=O)c2ccc(COc3ccc(F)cc3Cl)o2)cc1. The molecule has 0 fully saturated rings. The van der Waals surface area contributed by atoms with Gasteiger partial charge in [0.1, 0.15) is 23.9 Å². The molecule has 0 atom stereocenters. The summed E-state index contributed by atoms with van der Waals surface area (Å²) in [5.41, 5.74) is 1.89. The van der Waals surface area contributed by atoms with Crippen molar-refractivity contribution >= 4 is 23.2 Å². The molecule has 0 aliphatic heterocycles. The Bertz CT molecular complexity index is 906. The van der Waals surface area contributed by atoms with Crippen LogP contribution in [0.25, 0.3) is 0 Å². The minimum absolute atomic E-state index is 0.0732. The van der Waals surface area contributed by atoms with E-state index < -0.39 is 5.82 Å². The van der Waals surface area contributed by atoms with Gasteiger partial charge in [-0.3, -0.25) is 4.79 Å². The molecule has 0 spiro atoms. The first-order chi connectivity index (χ1) is 12.5. The maximum Gasteiger partial charge on any atom is 0.291 e. The van der Waals surface area contributed by atoms with E-state index in [2.05, 4.69) is 12.2 Å². The molecule has 4 nitrogen and oxygen atoms in total. The van der Waals surface area contributed by atoms with Crippen LogP contribution < -0.4 is 10.1 Å². The molecule has 0 saturated heterocycles. The van der Waals surface area contributed by atoms with Crippen molar-refractivity contribution in [1.82, 2.24) is 0 Å². The van der Waals surface area contributed by atoms with Crippen LogP contribution in [0.5, 0.6) is 5.75 Å². The first-order valence-corrected chi connectivity index (χ1v) is 8.50. The van der Waals surface area contributed by atoms with E-state index in [4.69, 9.17) is 20.8 Å². The lowest BCUT2D eigenvalue weighted by Gasteiger charge is -2.06. The Morgan fingerprint density at radius 2 is 1.92 bits per heavy atom. The summed E-state index contributed by atoms with van der Waals surface area (Å²) >= 11 is 5.90. The Labute approximate surface area is 155 Å². The molecule has 0 aliphatic rings. The number of benzene rings is 2. The van der Waals surface area contributed by atoms with Gasteiger partial charge in [-0.2, -0.15) is 0 Å². The van der Waals surface area contributed by atoms with Crippen molar-refractivity contribution in [1.29, 1.82) is 0 Å². The zero-order valence-corrected chi connectivity index (χ0v) is 14.8. The third-order valence-electron chi connectivity index (χ3n) is 3.77. The Morgan fingerprint density at radius 3 is 2.62 bits per heavy atom. The second kappa shape index (κ2) is 8.06. The molecule has 134 valence electrons. The average molecular weight is 374 g/mol. The number of nitrogens with one attached hydrogen (secondary N) is 1. The van der Waals surface area contributed by atoms with E-state index >= 15 is 0 Å². The topological polar surface area (TPSA) is 51.5 Å². The standard InChI is InChI=1S/C20H17ClFNO3/c1-2-13-3-6-15(7-4-13)23-20(24)19-10-8-16(26-19)12-25-18-9-5-14(22)11-17(18)21/h3-11H,2,12H2,1H3,(H,23,24). The van der Waals surface area contributed by atoms with Crippen LogP contribution in [0.4, 0.5) is 10.1 Å². The highest BCUT2D eigenvalue weighted by Crippen LogP contribution is 2.26. The number of aryl methyl sites for hydroxylation is 1. The van der Waals surface area contributed by atoms with Crippen LogP contribution in [-0.2, 0) is 13.0 Å². The number of halogens is 2. The summed E-state index contributed by atoms with van der Waals surface area (Å²) in [6.07, 6.45) is 0.938. The Morgan fingerprint density at radius 1 is 1.15 bits per heavy atom. The van der Waals surface area contributed by atoms with Gasteiger partial charge in [0, 0.05) is 5.69 Å². The highest BCUT2D eigenvalue weighted by Gasteiger charge is 2.12. The van der Waals surface area contributed by atoms with Crippen molar-refractivity contribution in [2.45, 2.75) is 20.0 Å². The molecule has 0 aliphatic carbocycles. The van der Waals surface area contributed by atoms with Crippen LogP contribution in [0.15, 0.2) is 59.0 Å². The average Bonchev–Trinajstić information content (AvgIpc) is 3.11. The second-order valence-electron chi connectivity index (χ2n) is 5.63. The molecule has 3 rings (SSSR count). The van der Waals surface area contributed by atoms with Gasteiger partial charge in [0.2, 0.25) is 0 Å². The Balaban J connectivity index is 1.60. The number of rotatable bonds is 6. The maximum atomic E-state index is 13.0. The number of hydrogen-bond acceptors (Lipinski definition) is 3. The Kier molecular flexibility index (Phi) is 5.58. The van der Waals surface area contributed by atoms with Crippen LogP contribution in [0, 0.1) is 5.82 Å². The molecule has 1 N–H and O–H groups in total. The first kappa shape index (κ1) is 18.0. The number of amides is 1. The number of anilines is 1. The van der Waals surface area contributed by atoms with Crippen molar-refractivity contribution in [2.75, 3.05) is 5.32 Å². The summed E-state index contributed by atoms with van der Waals surface area (Å²) < 4.78 is 24.0. The molecule has 0 bridgehead atoms. The quantitative estimate of drug-likeness (QED) is 0.623. The molecule has 26 heavy (non-hydrogen) atoms. The smallest absolute Gasteiger partial charge is 0.291 e. The van der Waals surface area contributed by atoms with E-state index in [0.717, 1.165) is 6.42 Å². The molecule has 1 aromatic heterocycles. The van der Waals surface area contributed by atoms with Gasteiger partial charge in [0.05, 0.1) is 5.02 Å². The van der Waals surface area contributed by atoms with Crippen molar-refractivity contribution in [2.24, 2.45) is 0 Å². The minimum Gasteiger partial charge on any atom is -0.484 e. The first-order valence-electron chi connectivity index (χ1n) is 8.12. The van der Waals surface area contributed by atoms with Gasteiger partial charge in [-0.25, -0.2) is 4.39 Å². The molecule has 2 aromatic carbocycles. The van der Waals surface area contributed by atoms with E-state index in [9.17, 15) is 9.18 Å². The summed E-state index contributed by atoms with van der Waals surface area (Å²) in [5, 5.41) is 2.95. The summed E-state index contributed by atoms with van der Waals surface area (Å²) in [4.78, 5) is 12.2. The van der Waals surface area contributed by atoms with Gasteiger partial charge in [-0.05, 0) is 54.4 Å². The molecule has 1 amide bonds. The molecule has 0 radical (unpaired) electrons. The molecular weight excluding hydrogens is 357 g/mol. The molecule has 1 heterocycles. The minimum atomic E-state index is -0.439. The van der Waals surface area contributed by atoms with Crippen molar-refractivity contribution in [3.8, 4) is 5.75 Å². The predicted octanol–water partition coefficient (Wildman–Crippen LogP) is 5.47. The maximum absolute atomic E-state index is 13.0. The monoisotopic (exact) mass is 373 g/mol. The fourth-order valence-electron chi connectivity index (χ4n) is 2.34. The largest absolute Gasteiger partial charge is 0.484 e. The van der Waals surface area contributed by atoms with Crippen LogP contribution in [0.1, 0.15) is 28.8 Å². The lowest BCUT2D eigenvalue weighted by molar-refractivity contribution is 0.0992. The fourth-order valence-corrected chi connectivity index (χ4v) is 2.56. The van der Waals surface area contributed by atoms with Crippen LogP contribution >= 0.6 is 11.6 Å². The molecule has 0 saturated carbocycles. The molecular formula is C20H17ClFNO3. The van der Waals surface area contributed by atoms with Gasteiger partial charge in [0.15, 0.2) is 5.76 Å². The number of carbonyl (C=O) groups excluding carboxylic acids is 1. The van der Waals surface area contributed by atoms with Crippen molar-refractivity contribution in [3.05, 3.63) is 82.5 Å².